The van der Waals surface area contributed by atoms with Gasteiger partial charge < -0.3 is 10.4 Å². The largest absolute Gasteiger partial charge is 0.478 e. The lowest BCUT2D eigenvalue weighted by molar-refractivity contribution is -0.132. The van der Waals surface area contributed by atoms with Crippen molar-refractivity contribution in [2.45, 2.75) is 6.42 Å². The van der Waals surface area contributed by atoms with Crippen LogP contribution in [-0.2, 0) is 4.79 Å². The standard InChI is InChI=1S/C6H9NO2.C2H4/c8-6(9)5-1-3-7-4-2-5;1-2/h1,7H,2-4H2,(H,8,9);1-2H2. The lowest BCUT2D eigenvalue weighted by atomic mass is 10.1. The van der Waals surface area contributed by atoms with Crippen LogP contribution in [0.5, 0.6) is 0 Å². The molecular formula is C8H13NO2. The Bertz CT molecular complexity index is 163. The maximum Gasteiger partial charge on any atom is 0.331 e. The van der Waals surface area contributed by atoms with Crippen LogP contribution in [0.4, 0.5) is 0 Å². The summed E-state index contributed by atoms with van der Waals surface area (Å²) in [5, 5.41) is 11.5. The minimum absolute atomic E-state index is 0.536. The van der Waals surface area contributed by atoms with E-state index in [9.17, 15) is 4.79 Å². The zero-order valence-electron chi connectivity index (χ0n) is 6.47. The monoisotopic (exact) mass is 155 g/mol. The molecule has 3 heteroatoms. The summed E-state index contributed by atoms with van der Waals surface area (Å²) in [6.07, 6.45) is 2.36. The van der Waals surface area contributed by atoms with Gasteiger partial charge in [0.2, 0.25) is 0 Å². The predicted octanol–water partition coefficient (Wildman–Crippen LogP) is 0.793. The van der Waals surface area contributed by atoms with Crippen molar-refractivity contribution in [2.24, 2.45) is 0 Å². The molecule has 2 N–H and O–H groups in total. The zero-order chi connectivity index (χ0) is 8.69. The Labute approximate surface area is 66.4 Å². The first kappa shape index (κ1) is 9.91. The number of rotatable bonds is 1. The van der Waals surface area contributed by atoms with E-state index >= 15 is 0 Å². The minimum atomic E-state index is -0.781. The van der Waals surface area contributed by atoms with Gasteiger partial charge >= 0.3 is 5.97 Å². The molecule has 0 unspecified atom stereocenters. The van der Waals surface area contributed by atoms with Gasteiger partial charge in [0, 0.05) is 12.1 Å². The number of hydrogen-bond acceptors (Lipinski definition) is 2. The molecule has 0 saturated heterocycles. The number of carboxylic acid groups (broad SMARTS) is 1. The van der Waals surface area contributed by atoms with Gasteiger partial charge in [0.15, 0.2) is 0 Å². The second kappa shape index (κ2) is 5.68. The van der Waals surface area contributed by atoms with Gasteiger partial charge in [0.25, 0.3) is 0 Å². The van der Waals surface area contributed by atoms with Crippen molar-refractivity contribution in [3.8, 4) is 0 Å². The molecule has 1 aliphatic rings. The molecule has 1 aliphatic heterocycles. The summed E-state index contributed by atoms with van der Waals surface area (Å²) >= 11 is 0. The molecule has 11 heavy (non-hydrogen) atoms. The molecule has 0 spiro atoms. The molecule has 0 atom stereocenters. The van der Waals surface area contributed by atoms with Crippen LogP contribution in [0.2, 0.25) is 0 Å². The Hall–Kier alpha value is -1.09. The van der Waals surface area contributed by atoms with Gasteiger partial charge in [-0.15, -0.1) is 13.2 Å². The molecule has 3 nitrogen and oxygen atoms in total. The van der Waals surface area contributed by atoms with E-state index in [0.717, 1.165) is 6.54 Å². The van der Waals surface area contributed by atoms with Gasteiger partial charge in [-0.2, -0.15) is 0 Å². The average Bonchev–Trinajstić information content (AvgIpc) is 2.10. The quantitative estimate of drug-likeness (QED) is 0.550. The molecule has 62 valence electrons. The van der Waals surface area contributed by atoms with Gasteiger partial charge in [-0.05, 0) is 13.0 Å². The summed E-state index contributed by atoms with van der Waals surface area (Å²) in [7, 11) is 0. The number of carbonyl (C=O) groups is 1. The first-order valence-electron chi connectivity index (χ1n) is 3.44. The Kier molecular flexibility index (Phi) is 5.11. The maximum absolute atomic E-state index is 10.3. The lowest BCUT2D eigenvalue weighted by Gasteiger charge is -2.08. The van der Waals surface area contributed by atoms with Crippen molar-refractivity contribution in [1.82, 2.24) is 5.32 Å². The highest BCUT2D eigenvalue weighted by atomic mass is 16.4. The van der Waals surface area contributed by atoms with E-state index in [0.29, 0.717) is 18.5 Å². The molecule has 0 radical (unpaired) electrons. The molecule has 0 aromatic heterocycles. The van der Waals surface area contributed by atoms with Crippen LogP contribution in [-0.4, -0.2) is 24.2 Å². The Balaban J connectivity index is 0.000000461. The fraction of sp³-hybridized carbons (Fsp3) is 0.375. The Morgan fingerprint density at radius 2 is 2.27 bits per heavy atom. The summed E-state index contributed by atoms with van der Waals surface area (Å²) in [5.41, 5.74) is 0.536. The van der Waals surface area contributed by atoms with E-state index in [1.54, 1.807) is 6.08 Å². The molecule has 0 amide bonds. The van der Waals surface area contributed by atoms with Crippen LogP contribution in [0.25, 0.3) is 0 Å². The molecule has 1 rings (SSSR count). The topological polar surface area (TPSA) is 49.3 Å². The van der Waals surface area contributed by atoms with Gasteiger partial charge in [0.05, 0.1) is 0 Å². The molecule has 0 aliphatic carbocycles. The summed E-state index contributed by atoms with van der Waals surface area (Å²) in [6.45, 7) is 7.49. The highest BCUT2D eigenvalue weighted by Crippen LogP contribution is 2.02. The van der Waals surface area contributed by atoms with Crippen LogP contribution in [0.1, 0.15) is 6.42 Å². The third kappa shape index (κ3) is 3.57. The molecule has 0 aromatic carbocycles. The highest BCUT2D eigenvalue weighted by molar-refractivity contribution is 5.86. The van der Waals surface area contributed by atoms with Gasteiger partial charge in [-0.1, -0.05) is 6.08 Å². The minimum Gasteiger partial charge on any atom is -0.478 e. The van der Waals surface area contributed by atoms with Crippen molar-refractivity contribution in [1.29, 1.82) is 0 Å². The summed E-state index contributed by atoms with van der Waals surface area (Å²) in [5.74, 6) is -0.781. The number of nitrogens with one attached hydrogen (secondary N) is 1. The SMILES string of the molecule is C=C.O=C(O)C1=CCNCC1. The first-order chi connectivity index (χ1) is 5.30. The van der Waals surface area contributed by atoms with E-state index in [4.69, 9.17) is 5.11 Å². The predicted molar refractivity (Wildman–Crippen MR) is 44.5 cm³/mol. The number of carboxylic acids is 1. The molecule has 0 aromatic rings. The van der Waals surface area contributed by atoms with Crippen LogP contribution < -0.4 is 5.32 Å². The number of hydrogen-bond donors (Lipinski definition) is 2. The van der Waals surface area contributed by atoms with E-state index in [1.807, 2.05) is 0 Å². The number of aliphatic carboxylic acids is 1. The smallest absolute Gasteiger partial charge is 0.331 e. The molecule has 0 saturated carbocycles. The summed E-state index contributed by atoms with van der Waals surface area (Å²) < 4.78 is 0. The van der Waals surface area contributed by atoms with E-state index < -0.39 is 5.97 Å². The van der Waals surface area contributed by atoms with E-state index in [-0.39, 0.29) is 0 Å². The zero-order valence-corrected chi connectivity index (χ0v) is 6.47. The van der Waals surface area contributed by atoms with Gasteiger partial charge in [-0.3, -0.25) is 0 Å². The third-order valence-corrected chi connectivity index (χ3v) is 1.34. The van der Waals surface area contributed by atoms with E-state index in [1.165, 1.54) is 0 Å². The highest BCUT2D eigenvalue weighted by Gasteiger charge is 2.08. The molecular weight excluding hydrogens is 142 g/mol. The molecule has 0 bridgehead atoms. The lowest BCUT2D eigenvalue weighted by Crippen LogP contribution is -2.23. The summed E-state index contributed by atoms with van der Waals surface area (Å²) in [6, 6.07) is 0. The fourth-order valence-electron chi connectivity index (χ4n) is 0.817. The Morgan fingerprint density at radius 1 is 1.64 bits per heavy atom. The van der Waals surface area contributed by atoms with E-state index in [2.05, 4.69) is 18.5 Å². The van der Waals surface area contributed by atoms with Gasteiger partial charge in [-0.25, -0.2) is 4.79 Å². The molecule has 1 heterocycles. The Morgan fingerprint density at radius 3 is 2.55 bits per heavy atom. The van der Waals surface area contributed by atoms with Crippen molar-refractivity contribution in [3.63, 3.8) is 0 Å². The third-order valence-electron chi connectivity index (χ3n) is 1.34. The second-order valence-electron chi connectivity index (χ2n) is 1.99. The normalized spacial score (nSPS) is 15.8. The van der Waals surface area contributed by atoms with Crippen molar-refractivity contribution in [3.05, 3.63) is 24.8 Å². The van der Waals surface area contributed by atoms with Crippen molar-refractivity contribution >= 4 is 5.97 Å². The van der Waals surface area contributed by atoms with Gasteiger partial charge in [0.1, 0.15) is 0 Å². The molecule has 0 fully saturated rings. The fourth-order valence-corrected chi connectivity index (χ4v) is 0.817. The van der Waals surface area contributed by atoms with Crippen LogP contribution in [0.15, 0.2) is 24.8 Å². The average molecular weight is 155 g/mol. The second-order valence-corrected chi connectivity index (χ2v) is 1.99. The van der Waals surface area contributed by atoms with Crippen LogP contribution >= 0.6 is 0 Å². The first-order valence-corrected chi connectivity index (χ1v) is 3.44. The maximum atomic E-state index is 10.3. The van der Waals surface area contributed by atoms with Crippen molar-refractivity contribution in [2.75, 3.05) is 13.1 Å². The van der Waals surface area contributed by atoms with Crippen LogP contribution in [0.3, 0.4) is 0 Å². The van der Waals surface area contributed by atoms with Crippen molar-refractivity contribution < 1.29 is 9.90 Å². The summed E-state index contributed by atoms with van der Waals surface area (Å²) in [4.78, 5) is 10.3. The van der Waals surface area contributed by atoms with Crippen LogP contribution in [0, 0.1) is 0 Å².